The van der Waals surface area contributed by atoms with Crippen molar-refractivity contribution in [1.82, 2.24) is 19.6 Å². The summed E-state index contributed by atoms with van der Waals surface area (Å²) in [6, 6.07) is 12.3. The molecule has 0 aliphatic heterocycles. The third-order valence-electron chi connectivity index (χ3n) is 3.52. The molecule has 9 heteroatoms. The third-order valence-corrected chi connectivity index (χ3v) is 5.09. The molecule has 0 spiro atoms. The summed E-state index contributed by atoms with van der Waals surface area (Å²) in [5, 5.41) is 9.11. The molecule has 0 radical (unpaired) electrons. The highest BCUT2D eigenvalue weighted by Gasteiger charge is 2.10. The van der Waals surface area contributed by atoms with Crippen LogP contribution in [0.2, 0.25) is 5.02 Å². The van der Waals surface area contributed by atoms with E-state index in [9.17, 15) is 4.79 Å². The highest BCUT2D eigenvalue weighted by molar-refractivity contribution is 9.10. The summed E-state index contributed by atoms with van der Waals surface area (Å²) in [6.07, 6.45) is 1.69. The summed E-state index contributed by atoms with van der Waals surface area (Å²) >= 11 is 10.5. The van der Waals surface area contributed by atoms with Crippen LogP contribution in [0, 0.1) is 0 Å². The van der Waals surface area contributed by atoms with Gasteiger partial charge in [0.15, 0.2) is 0 Å². The van der Waals surface area contributed by atoms with Crippen molar-refractivity contribution in [2.45, 2.75) is 11.0 Å². The van der Waals surface area contributed by atoms with Gasteiger partial charge in [-0.25, -0.2) is 4.98 Å². The molecule has 3 heterocycles. The maximum atomic E-state index is 12.2. The Morgan fingerprint density at radius 3 is 2.77 bits per heavy atom. The summed E-state index contributed by atoms with van der Waals surface area (Å²) in [7, 11) is 0. The molecule has 0 amide bonds. The Bertz CT molecular complexity index is 1140. The highest BCUT2D eigenvalue weighted by atomic mass is 79.9. The monoisotopic (exact) mass is 448 g/mol. The third kappa shape index (κ3) is 3.67. The Kier molecular flexibility index (Phi) is 4.80. The van der Waals surface area contributed by atoms with Crippen LogP contribution in [0.15, 0.2) is 67.6 Å². The number of halogens is 2. The van der Waals surface area contributed by atoms with Crippen molar-refractivity contribution < 1.29 is 4.42 Å². The first-order chi connectivity index (χ1) is 12.6. The molecule has 0 unspecified atom stereocenters. The SMILES string of the molecule is O=c1cc(CSc2nnc(-c3ccc(Cl)cc3)o2)nc2ccc(Br)cn12. The predicted molar refractivity (Wildman–Crippen MR) is 103 cm³/mol. The van der Waals surface area contributed by atoms with Gasteiger partial charge in [-0.2, -0.15) is 0 Å². The number of aromatic nitrogens is 4. The Hall–Kier alpha value is -2.16. The quantitative estimate of drug-likeness (QED) is 0.429. The molecule has 0 fully saturated rings. The molecular formula is C17H10BrClN4O2S. The lowest BCUT2D eigenvalue weighted by Crippen LogP contribution is -2.15. The molecule has 0 atom stereocenters. The normalized spacial score (nSPS) is 11.2. The second-order valence-corrected chi connectivity index (χ2v) is 7.61. The van der Waals surface area contributed by atoms with E-state index < -0.39 is 0 Å². The largest absolute Gasteiger partial charge is 0.411 e. The van der Waals surface area contributed by atoms with Gasteiger partial charge >= 0.3 is 0 Å². The topological polar surface area (TPSA) is 73.3 Å². The van der Waals surface area contributed by atoms with Crippen LogP contribution in [-0.4, -0.2) is 19.6 Å². The van der Waals surface area contributed by atoms with E-state index in [0.29, 0.717) is 33.2 Å². The van der Waals surface area contributed by atoms with Crippen LogP contribution >= 0.6 is 39.3 Å². The fourth-order valence-corrected chi connectivity index (χ4v) is 3.43. The lowest BCUT2D eigenvalue weighted by atomic mass is 10.2. The first-order valence-electron chi connectivity index (χ1n) is 7.48. The molecule has 6 nitrogen and oxygen atoms in total. The molecule has 4 aromatic rings. The number of nitrogens with zero attached hydrogens (tertiary/aromatic N) is 4. The minimum atomic E-state index is -0.140. The Morgan fingerprint density at radius 1 is 1.15 bits per heavy atom. The number of hydrogen-bond acceptors (Lipinski definition) is 6. The number of fused-ring (bicyclic) bond motifs is 1. The van der Waals surface area contributed by atoms with Crippen LogP contribution in [0.25, 0.3) is 17.1 Å². The number of rotatable bonds is 4. The predicted octanol–water partition coefficient (Wildman–Crippen LogP) is 4.45. The first-order valence-corrected chi connectivity index (χ1v) is 9.64. The molecular weight excluding hydrogens is 440 g/mol. The average Bonchev–Trinajstić information content (AvgIpc) is 3.10. The zero-order chi connectivity index (χ0) is 18.1. The standard InChI is InChI=1S/C17H10BrClN4O2S/c18-11-3-6-14-20-13(7-15(24)23(14)8-11)9-26-17-22-21-16(25-17)10-1-4-12(19)5-2-10/h1-8H,9H2. The molecule has 0 bridgehead atoms. The zero-order valence-corrected chi connectivity index (χ0v) is 16.3. The van der Waals surface area contributed by atoms with Crippen molar-refractivity contribution in [2.75, 3.05) is 0 Å². The molecule has 0 saturated heterocycles. The number of benzene rings is 1. The summed E-state index contributed by atoms with van der Waals surface area (Å²) in [5.74, 6) is 0.866. The van der Waals surface area contributed by atoms with E-state index in [2.05, 4.69) is 31.1 Å². The van der Waals surface area contributed by atoms with Gasteiger partial charge in [-0.3, -0.25) is 9.20 Å². The van der Waals surface area contributed by atoms with Crippen LogP contribution in [0.1, 0.15) is 5.69 Å². The lowest BCUT2D eigenvalue weighted by molar-refractivity contribution is 0.466. The minimum absolute atomic E-state index is 0.140. The van der Waals surface area contributed by atoms with Crippen molar-refractivity contribution in [1.29, 1.82) is 0 Å². The maximum absolute atomic E-state index is 12.2. The number of pyridine rings is 1. The van der Waals surface area contributed by atoms with E-state index in [0.717, 1.165) is 10.0 Å². The van der Waals surface area contributed by atoms with E-state index in [1.54, 1.807) is 24.4 Å². The molecule has 0 aliphatic rings. The zero-order valence-electron chi connectivity index (χ0n) is 13.1. The van der Waals surface area contributed by atoms with Crippen LogP contribution < -0.4 is 5.56 Å². The van der Waals surface area contributed by atoms with Gasteiger partial charge in [0.25, 0.3) is 10.8 Å². The highest BCUT2D eigenvalue weighted by Crippen LogP contribution is 2.26. The summed E-state index contributed by atoms with van der Waals surface area (Å²) in [6.45, 7) is 0. The van der Waals surface area contributed by atoms with Gasteiger partial charge in [0.05, 0.1) is 5.69 Å². The molecule has 0 aliphatic carbocycles. The second kappa shape index (κ2) is 7.22. The first kappa shape index (κ1) is 17.3. The van der Waals surface area contributed by atoms with Crippen molar-refractivity contribution in [2.24, 2.45) is 0 Å². The summed E-state index contributed by atoms with van der Waals surface area (Å²) in [5.41, 5.74) is 1.89. The smallest absolute Gasteiger partial charge is 0.277 e. The van der Waals surface area contributed by atoms with Crippen LogP contribution in [0.4, 0.5) is 0 Å². The number of hydrogen-bond donors (Lipinski definition) is 0. The van der Waals surface area contributed by atoms with Gasteiger partial charge in [0.1, 0.15) is 5.65 Å². The number of thioether (sulfide) groups is 1. The maximum Gasteiger partial charge on any atom is 0.277 e. The van der Waals surface area contributed by atoms with E-state index >= 15 is 0 Å². The molecule has 4 rings (SSSR count). The Labute approximate surface area is 165 Å². The van der Waals surface area contributed by atoms with E-state index in [1.807, 2.05) is 18.2 Å². The van der Waals surface area contributed by atoms with Gasteiger partial charge in [-0.05, 0) is 52.3 Å². The molecule has 26 heavy (non-hydrogen) atoms. The van der Waals surface area contributed by atoms with Gasteiger partial charge in [0.2, 0.25) is 5.89 Å². The summed E-state index contributed by atoms with van der Waals surface area (Å²) in [4.78, 5) is 16.7. The fraction of sp³-hybridized carbons (Fsp3) is 0.0588. The minimum Gasteiger partial charge on any atom is -0.411 e. The van der Waals surface area contributed by atoms with Crippen molar-refractivity contribution >= 4 is 44.9 Å². The Morgan fingerprint density at radius 2 is 1.96 bits per heavy atom. The molecule has 0 N–H and O–H groups in total. The Balaban J connectivity index is 1.52. The molecule has 130 valence electrons. The lowest BCUT2D eigenvalue weighted by Gasteiger charge is -2.03. The second-order valence-electron chi connectivity index (χ2n) is 5.33. The van der Waals surface area contributed by atoms with Gasteiger partial charge in [-0.1, -0.05) is 23.4 Å². The van der Waals surface area contributed by atoms with Gasteiger partial charge < -0.3 is 4.42 Å². The molecule has 1 aromatic carbocycles. The summed E-state index contributed by atoms with van der Waals surface area (Å²) < 4.78 is 7.95. The van der Waals surface area contributed by atoms with E-state index in [1.165, 1.54) is 22.2 Å². The molecule has 3 aromatic heterocycles. The molecule has 0 saturated carbocycles. The van der Waals surface area contributed by atoms with Crippen LogP contribution in [-0.2, 0) is 5.75 Å². The fourth-order valence-electron chi connectivity index (χ4n) is 2.31. The van der Waals surface area contributed by atoms with Crippen LogP contribution in [0.5, 0.6) is 0 Å². The van der Waals surface area contributed by atoms with Gasteiger partial charge in [-0.15, -0.1) is 10.2 Å². The van der Waals surface area contributed by atoms with Crippen molar-refractivity contribution in [3.63, 3.8) is 0 Å². The van der Waals surface area contributed by atoms with E-state index in [4.69, 9.17) is 16.0 Å². The van der Waals surface area contributed by atoms with Gasteiger partial charge in [0, 0.05) is 33.1 Å². The average molecular weight is 450 g/mol. The van der Waals surface area contributed by atoms with E-state index in [-0.39, 0.29) is 5.56 Å². The van der Waals surface area contributed by atoms with Crippen LogP contribution in [0.3, 0.4) is 0 Å². The van der Waals surface area contributed by atoms with Crippen molar-refractivity contribution in [3.05, 3.63) is 74.2 Å². The van der Waals surface area contributed by atoms with Crippen molar-refractivity contribution in [3.8, 4) is 11.5 Å².